The van der Waals surface area contributed by atoms with E-state index >= 15 is 0 Å². The molecule has 0 bridgehead atoms. The van der Waals surface area contributed by atoms with Crippen molar-refractivity contribution in [2.75, 3.05) is 13.1 Å². The zero-order valence-corrected chi connectivity index (χ0v) is 14.7. The molecular weight excluding hydrogens is 340 g/mol. The Morgan fingerprint density at radius 3 is 3.08 bits per heavy atom. The van der Waals surface area contributed by atoms with Crippen LogP contribution in [0.2, 0.25) is 0 Å². The molecule has 3 aromatic heterocycles. The van der Waals surface area contributed by atoms with Crippen molar-refractivity contribution in [2.45, 2.75) is 26.2 Å². The second kappa shape index (κ2) is 6.79. The molecule has 0 N–H and O–H groups in total. The molecule has 8 heteroatoms. The second-order valence-electron chi connectivity index (χ2n) is 6.31. The van der Waals surface area contributed by atoms with Gasteiger partial charge in [-0.3, -0.25) is 4.79 Å². The van der Waals surface area contributed by atoms with Crippen molar-refractivity contribution >= 4 is 17.2 Å². The van der Waals surface area contributed by atoms with E-state index in [1.165, 1.54) is 0 Å². The summed E-state index contributed by atoms with van der Waals surface area (Å²) in [5, 5.41) is 11.9. The molecule has 0 radical (unpaired) electrons. The highest BCUT2D eigenvalue weighted by Gasteiger charge is 2.27. The second-order valence-corrected chi connectivity index (χ2v) is 7.09. The van der Waals surface area contributed by atoms with Crippen molar-refractivity contribution < 1.29 is 13.8 Å². The summed E-state index contributed by atoms with van der Waals surface area (Å²) < 4.78 is 10.4. The first kappa shape index (κ1) is 16.0. The summed E-state index contributed by atoms with van der Waals surface area (Å²) in [5.74, 6) is 2.12. The highest BCUT2D eigenvalue weighted by molar-refractivity contribution is 7.08. The number of carbonyl (C=O) groups excluding carboxylic acids is 1. The van der Waals surface area contributed by atoms with E-state index in [9.17, 15) is 4.79 Å². The summed E-state index contributed by atoms with van der Waals surface area (Å²) in [5.41, 5.74) is 1.34. The molecule has 1 fully saturated rings. The summed E-state index contributed by atoms with van der Waals surface area (Å²) in [4.78, 5) is 18.8. The number of hydrogen-bond donors (Lipinski definition) is 0. The molecule has 0 aromatic carbocycles. The Bertz CT molecular complexity index is 855. The largest absolute Gasteiger partial charge is 0.361 e. The molecule has 4 rings (SSSR count). The zero-order valence-electron chi connectivity index (χ0n) is 13.8. The van der Waals surface area contributed by atoms with Crippen LogP contribution in [0.3, 0.4) is 0 Å². The molecule has 0 saturated carbocycles. The first-order chi connectivity index (χ1) is 12.2. The summed E-state index contributed by atoms with van der Waals surface area (Å²) in [7, 11) is 0. The number of amides is 1. The minimum Gasteiger partial charge on any atom is -0.361 e. The topological polar surface area (TPSA) is 85.3 Å². The van der Waals surface area contributed by atoms with E-state index in [0.717, 1.165) is 24.9 Å². The molecule has 1 aliphatic rings. The maximum absolute atomic E-state index is 12.5. The third kappa shape index (κ3) is 3.48. The van der Waals surface area contributed by atoms with Crippen LogP contribution in [0.15, 0.2) is 31.9 Å². The average molecular weight is 358 g/mol. The monoisotopic (exact) mass is 358 g/mol. The summed E-state index contributed by atoms with van der Waals surface area (Å²) in [6.45, 7) is 3.19. The fourth-order valence-electron chi connectivity index (χ4n) is 3.14. The molecule has 7 nitrogen and oxygen atoms in total. The van der Waals surface area contributed by atoms with Crippen LogP contribution in [0, 0.1) is 12.8 Å². The Hall–Kier alpha value is -2.48. The normalized spacial score (nSPS) is 17.8. The lowest BCUT2D eigenvalue weighted by Crippen LogP contribution is -2.40. The Kier molecular flexibility index (Phi) is 4.35. The molecule has 1 aliphatic heterocycles. The summed E-state index contributed by atoms with van der Waals surface area (Å²) >= 11 is 1.60. The third-order valence-corrected chi connectivity index (χ3v) is 5.05. The number of piperidine rings is 1. The fraction of sp³-hybridized carbons (Fsp3) is 0.412. The Labute approximate surface area is 148 Å². The maximum atomic E-state index is 12.5. The van der Waals surface area contributed by atoms with E-state index in [1.54, 1.807) is 24.3 Å². The Morgan fingerprint density at radius 1 is 1.40 bits per heavy atom. The molecule has 0 aliphatic carbocycles. The number of aryl methyl sites for hydroxylation is 1. The molecule has 1 saturated heterocycles. The Morgan fingerprint density at radius 2 is 2.32 bits per heavy atom. The van der Waals surface area contributed by atoms with Gasteiger partial charge in [0.05, 0.1) is 0 Å². The first-order valence-electron chi connectivity index (χ1n) is 8.27. The molecule has 25 heavy (non-hydrogen) atoms. The van der Waals surface area contributed by atoms with Crippen LogP contribution in [0.5, 0.6) is 0 Å². The van der Waals surface area contributed by atoms with Crippen LogP contribution >= 0.6 is 11.3 Å². The standard InChI is InChI=1S/C17H18N4O3S/c1-11-7-14(19-23-11)17(22)21-5-2-3-12(9-21)8-15-18-16(20-24-15)13-4-6-25-10-13/h4,6-7,10,12H,2-3,5,8-9H2,1H3. The molecule has 1 atom stereocenters. The maximum Gasteiger partial charge on any atom is 0.276 e. The third-order valence-electron chi connectivity index (χ3n) is 4.36. The predicted molar refractivity (Wildman–Crippen MR) is 91.2 cm³/mol. The quantitative estimate of drug-likeness (QED) is 0.712. The first-order valence-corrected chi connectivity index (χ1v) is 9.21. The molecular formula is C17H18N4O3S. The van der Waals surface area contributed by atoms with Gasteiger partial charge in [-0.25, -0.2) is 0 Å². The van der Waals surface area contributed by atoms with Crippen molar-refractivity contribution in [3.63, 3.8) is 0 Å². The van der Waals surface area contributed by atoms with Gasteiger partial charge in [0, 0.05) is 36.5 Å². The van der Waals surface area contributed by atoms with Gasteiger partial charge in [-0.05, 0) is 37.1 Å². The van der Waals surface area contributed by atoms with Crippen molar-refractivity contribution in [1.29, 1.82) is 0 Å². The summed E-state index contributed by atoms with van der Waals surface area (Å²) in [6, 6.07) is 3.65. The van der Waals surface area contributed by atoms with E-state index in [-0.39, 0.29) is 5.91 Å². The highest BCUT2D eigenvalue weighted by atomic mass is 32.1. The highest BCUT2D eigenvalue weighted by Crippen LogP contribution is 2.24. The number of rotatable bonds is 4. The lowest BCUT2D eigenvalue weighted by Gasteiger charge is -2.31. The minimum atomic E-state index is -0.0777. The van der Waals surface area contributed by atoms with Gasteiger partial charge in [-0.1, -0.05) is 10.3 Å². The number of nitrogens with zero attached hydrogens (tertiary/aromatic N) is 4. The molecule has 4 heterocycles. The smallest absolute Gasteiger partial charge is 0.276 e. The van der Waals surface area contributed by atoms with Gasteiger partial charge >= 0.3 is 0 Å². The lowest BCUT2D eigenvalue weighted by atomic mass is 9.94. The number of hydrogen-bond acceptors (Lipinski definition) is 7. The molecule has 1 amide bonds. The van der Waals surface area contributed by atoms with Crippen molar-refractivity contribution in [2.24, 2.45) is 5.92 Å². The van der Waals surface area contributed by atoms with Crippen LogP contribution in [0.25, 0.3) is 11.4 Å². The van der Waals surface area contributed by atoms with Gasteiger partial charge < -0.3 is 13.9 Å². The summed E-state index contributed by atoms with van der Waals surface area (Å²) in [6.07, 6.45) is 2.68. The van der Waals surface area contributed by atoms with Crippen LogP contribution in [-0.4, -0.2) is 39.2 Å². The van der Waals surface area contributed by atoms with Gasteiger partial charge in [0.15, 0.2) is 5.69 Å². The number of likely N-dealkylation sites (tertiary alicyclic amines) is 1. The van der Waals surface area contributed by atoms with Crippen LogP contribution in [0.1, 0.15) is 35.0 Å². The Balaban J connectivity index is 1.41. The van der Waals surface area contributed by atoms with Gasteiger partial charge in [0.2, 0.25) is 11.7 Å². The predicted octanol–water partition coefficient (Wildman–Crippen LogP) is 3.19. The van der Waals surface area contributed by atoms with E-state index in [1.807, 2.05) is 21.7 Å². The number of carbonyl (C=O) groups is 1. The van der Waals surface area contributed by atoms with Gasteiger partial charge in [-0.2, -0.15) is 16.3 Å². The SMILES string of the molecule is Cc1cc(C(=O)N2CCCC(Cc3nc(-c4ccsc4)no3)C2)no1. The molecule has 0 spiro atoms. The van der Waals surface area contributed by atoms with Crippen molar-refractivity contribution in [1.82, 2.24) is 20.2 Å². The van der Waals surface area contributed by atoms with E-state index in [2.05, 4.69) is 15.3 Å². The van der Waals surface area contributed by atoms with E-state index in [4.69, 9.17) is 9.05 Å². The minimum absolute atomic E-state index is 0.0777. The van der Waals surface area contributed by atoms with E-state index < -0.39 is 0 Å². The fourth-order valence-corrected chi connectivity index (χ4v) is 3.77. The lowest BCUT2D eigenvalue weighted by molar-refractivity contribution is 0.0657. The van der Waals surface area contributed by atoms with Crippen LogP contribution < -0.4 is 0 Å². The van der Waals surface area contributed by atoms with Crippen LogP contribution in [0.4, 0.5) is 0 Å². The van der Waals surface area contributed by atoms with Crippen LogP contribution in [-0.2, 0) is 6.42 Å². The van der Waals surface area contributed by atoms with Gasteiger partial charge in [-0.15, -0.1) is 0 Å². The van der Waals surface area contributed by atoms with E-state index in [0.29, 0.717) is 42.1 Å². The van der Waals surface area contributed by atoms with Crippen molar-refractivity contribution in [3.05, 3.63) is 40.2 Å². The molecule has 130 valence electrons. The van der Waals surface area contributed by atoms with Gasteiger partial charge in [0.1, 0.15) is 5.76 Å². The molecule has 1 unspecified atom stereocenters. The number of aromatic nitrogens is 3. The zero-order chi connectivity index (χ0) is 17.2. The average Bonchev–Trinajstić information content (AvgIpc) is 3.35. The van der Waals surface area contributed by atoms with Gasteiger partial charge in [0.25, 0.3) is 5.91 Å². The van der Waals surface area contributed by atoms with Crippen molar-refractivity contribution in [3.8, 4) is 11.4 Å². The molecule has 3 aromatic rings. The number of thiophene rings is 1.